The van der Waals surface area contributed by atoms with Crippen LogP contribution < -0.4 is 4.90 Å². The lowest BCUT2D eigenvalue weighted by Crippen LogP contribution is -2.23. The quantitative estimate of drug-likeness (QED) is 0.723. The lowest BCUT2D eigenvalue weighted by molar-refractivity contribution is 0.0701. The number of hydrogen-bond donors (Lipinski definition) is 1. The number of benzene rings is 1. The van der Waals surface area contributed by atoms with Gasteiger partial charge in [-0.3, -0.25) is 0 Å². The van der Waals surface area contributed by atoms with Crippen LogP contribution in [0.4, 0.5) is 5.69 Å². The van der Waals surface area contributed by atoms with Crippen LogP contribution in [0.3, 0.4) is 0 Å². The molecule has 0 saturated heterocycles. The van der Waals surface area contributed by atoms with E-state index in [2.05, 4.69) is 39.3 Å². The number of hydrogen-bond acceptors (Lipinski definition) is 7. The second-order valence-corrected chi connectivity index (χ2v) is 6.37. The average Bonchev–Trinajstić information content (AvgIpc) is 3.26. The van der Waals surface area contributed by atoms with E-state index in [9.17, 15) is 9.90 Å². The summed E-state index contributed by atoms with van der Waals surface area (Å²) in [6.45, 7) is 7.58. The molecule has 1 N–H and O–H groups in total. The van der Waals surface area contributed by atoms with Gasteiger partial charge >= 0.3 is 5.97 Å². The van der Waals surface area contributed by atoms with Gasteiger partial charge in [-0.05, 0) is 49.4 Å². The van der Waals surface area contributed by atoms with Crippen molar-refractivity contribution in [2.24, 2.45) is 0 Å². The molecule has 0 unspecified atom stereocenters. The van der Waals surface area contributed by atoms with Crippen molar-refractivity contribution in [2.75, 3.05) is 18.0 Å². The summed E-state index contributed by atoms with van der Waals surface area (Å²) in [6, 6.07) is 5.88. The Balaban J connectivity index is 2.13. The molecule has 0 aliphatic rings. The molecule has 1 aromatic carbocycles. The third kappa shape index (κ3) is 3.22. The first-order chi connectivity index (χ1) is 12.0. The average molecular weight is 358 g/mol. The van der Waals surface area contributed by atoms with Crippen LogP contribution >= 0.6 is 11.3 Å². The number of rotatable bonds is 6. The van der Waals surface area contributed by atoms with Crippen molar-refractivity contribution >= 4 is 23.0 Å². The Kier molecular flexibility index (Phi) is 4.75. The van der Waals surface area contributed by atoms with E-state index in [1.807, 2.05) is 18.2 Å². The molecule has 0 aliphatic heterocycles. The highest BCUT2D eigenvalue weighted by Crippen LogP contribution is 2.33. The number of aromatic carboxylic acids is 1. The van der Waals surface area contributed by atoms with Crippen LogP contribution in [0.2, 0.25) is 0 Å². The first kappa shape index (κ1) is 17.0. The van der Waals surface area contributed by atoms with Gasteiger partial charge in [0.05, 0.1) is 17.1 Å². The first-order valence-corrected chi connectivity index (χ1v) is 8.70. The van der Waals surface area contributed by atoms with Crippen molar-refractivity contribution in [3.63, 3.8) is 0 Å². The van der Waals surface area contributed by atoms with Crippen molar-refractivity contribution in [3.05, 3.63) is 35.1 Å². The van der Waals surface area contributed by atoms with E-state index in [0.717, 1.165) is 30.0 Å². The summed E-state index contributed by atoms with van der Waals surface area (Å²) >= 11 is 1.17. The van der Waals surface area contributed by atoms with Gasteiger partial charge in [-0.25, -0.2) is 9.78 Å². The summed E-state index contributed by atoms with van der Waals surface area (Å²) in [5, 5.41) is 21.3. The maximum absolute atomic E-state index is 11.3. The fourth-order valence-electron chi connectivity index (χ4n) is 2.66. The standard InChI is InChI=1S/C16H18N6O2S/c1-4-21(5-2)12-7-6-11(8-13(12)22-9-17-19-20-22)15-18-10(3)14(25-15)16(23)24/h6-9H,4-5H2,1-3H3,(H,23,24). The third-order valence-electron chi connectivity index (χ3n) is 3.91. The monoisotopic (exact) mass is 358 g/mol. The smallest absolute Gasteiger partial charge is 0.347 e. The molecule has 0 fully saturated rings. The zero-order valence-corrected chi connectivity index (χ0v) is 15.0. The molecule has 3 aromatic rings. The van der Waals surface area contributed by atoms with Crippen LogP contribution in [0, 0.1) is 6.92 Å². The fourth-order valence-corrected chi connectivity index (χ4v) is 3.56. The molecule has 25 heavy (non-hydrogen) atoms. The van der Waals surface area contributed by atoms with E-state index >= 15 is 0 Å². The lowest BCUT2D eigenvalue weighted by atomic mass is 10.1. The van der Waals surface area contributed by atoms with Crippen LogP contribution in [0.25, 0.3) is 16.3 Å². The molecule has 0 amide bonds. The van der Waals surface area contributed by atoms with Gasteiger partial charge in [0.15, 0.2) is 0 Å². The van der Waals surface area contributed by atoms with Crippen molar-refractivity contribution in [1.29, 1.82) is 0 Å². The van der Waals surface area contributed by atoms with E-state index < -0.39 is 5.97 Å². The van der Waals surface area contributed by atoms with Crippen molar-refractivity contribution in [1.82, 2.24) is 25.2 Å². The highest BCUT2D eigenvalue weighted by Gasteiger charge is 2.18. The lowest BCUT2D eigenvalue weighted by Gasteiger charge is -2.24. The fraction of sp³-hybridized carbons (Fsp3) is 0.312. The molecule has 9 heteroatoms. The van der Waals surface area contributed by atoms with Crippen molar-refractivity contribution in [3.8, 4) is 16.3 Å². The Bertz CT molecular complexity index is 886. The van der Waals surface area contributed by atoms with Crippen LogP contribution in [-0.4, -0.2) is 49.4 Å². The number of nitrogens with zero attached hydrogens (tertiary/aromatic N) is 6. The summed E-state index contributed by atoms with van der Waals surface area (Å²) in [4.78, 5) is 18.1. The number of aromatic nitrogens is 5. The Labute approximate surface area is 148 Å². The highest BCUT2D eigenvalue weighted by atomic mass is 32.1. The Morgan fingerprint density at radius 2 is 2.08 bits per heavy atom. The minimum Gasteiger partial charge on any atom is -0.477 e. The number of aryl methyl sites for hydroxylation is 1. The van der Waals surface area contributed by atoms with Crippen molar-refractivity contribution in [2.45, 2.75) is 20.8 Å². The van der Waals surface area contributed by atoms with Crippen LogP contribution in [0.1, 0.15) is 29.2 Å². The van der Waals surface area contributed by atoms with Gasteiger partial charge in [-0.2, -0.15) is 4.68 Å². The predicted octanol–water partition coefficient (Wildman–Crippen LogP) is 2.64. The molecular formula is C16H18N6O2S. The Hall–Kier alpha value is -2.81. The minimum atomic E-state index is -0.957. The van der Waals surface area contributed by atoms with Crippen LogP contribution in [-0.2, 0) is 0 Å². The maximum Gasteiger partial charge on any atom is 0.347 e. The highest BCUT2D eigenvalue weighted by molar-refractivity contribution is 7.17. The van der Waals surface area contributed by atoms with Crippen LogP contribution in [0.15, 0.2) is 24.5 Å². The SMILES string of the molecule is CCN(CC)c1ccc(-c2nc(C)c(C(=O)O)s2)cc1-n1cnnn1. The number of tetrazole rings is 1. The van der Waals surface area contributed by atoms with Gasteiger partial charge in [0, 0.05) is 18.7 Å². The second-order valence-electron chi connectivity index (χ2n) is 5.37. The summed E-state index contributed by atoms with van der Waals surface area (Å²) in [6.07, 6.45) is 1.54. The van der Waals surface area contributed by atoms with Gasteiger partial charge in [-0.1, -0.05) is 0 Å². The van der Waals surface area contributed by atoms with E-state index in [0.29, 0.717) is 10.7 Å². The molecule has 0 saturated carbocycles. The second kappa shape index (κ2) is 6.98. The van der Waals surface area contributed by atoms with E-state index in [4.69, 9.17) is 0 Å². The molecule has 3 rings (SSSR count). The first-order valence-electron chi connectivity index (χ1n) is 7.88. The van der Waals surface area contributed by atoms with Crippen molar-refractivity contribution < 1.29 is 9.90 Å². The van der Waals surface area contributed by atoms with E-state index in [-0.39, 0.29) is 4.88 Å². The number of carboxylic acids is 1. The predicted molar refractivity (Wildman–Crippen MR) is 95.5 cm³/mol. The number of carboxylic acid groups (broad SMARTS) is 1. The summed E-state index contributed by atoms with van der Waals surface area (Å²) < 4.78 is 1.61. The molecule has 0 atom stereocenters. The Morgan fingerprint density at radius 1 is 1.32 bits per heavy atom. The van der Waals surface area contributed by atoms with Gasteiger partial charge in [0.2, 0.25) is 0 Å². The topological polar surface area (TPSA) is 97.0 Å². The summed E-state index contributed by atoms with van der Waals surface area (Å²) in [7, 11) is 0. The van der Waals surface area contributed by atoms with Gasteiger partial charge in [0.25, 0.3) is 0 Å². The largest absolute Gasteiger partial charge is 0.477 e. The zero-order chi connectivity index (χ0) is 18.0. The molecule has 8 nitrogen and oxygen atoms in total. The molecular weight excluding hydrogens is 340 g/mol. The zero-order valence-electron chi connectivity index (χ0n) is 14.2. The summed E-state index contributed by atoms with van der Waals surface area (Å²) in [5.41, 5.74) is 3.19. The maximum atomic E-state index is 11.3. The molecule has 2 aromatic heterocycles. The molecule has 0 spiro atoms. The number of thiazole rings is 1. The minimum absolute atomic E-state index is 0.256. The van der Waals surface area contributed by atoms with Gasteiger partial charge in [0.1, 0.15) is 16.2 Å². The molecule has 2 heterocycles. The normalized spacial score (nSPS) is 10.8. The molecule has 130 valence electrons. The van der Waals surface area contributed by atoms with Gasteiger partial charge < -0.3 is 10.0 Å². The number of anilines is 1. The molecule has 0 bridgehead atoms. The van der Waals surface area contributed by atoms with E-state index in [1.165, 1.54) is 11.3 Å². The van der Waals surface area contributed by atoms with E-state index in [1.54, 1.807) is 17.9 Å². The van der Waals surface area contributed by atoms with Crippen LogP contribution in [0.5, 0.6) is 0 Å². The Morgan fingerprint density at radius 3 is 2.64 bits per heavy atom. The summed E-state index contributed by atoms with van der Waals surface area (Å²) in [5.74, 6) is -0.957. The molecule has 0 aliphatic carbocycles. The third-order valence-corrected chi connectivity index (χ3v) is 5.11. The van der Waals surface area contributed by atoms with Gasteiger partial charge in [-0.15, -0.1) is 16.4 Å². The molecule has 0 radical (unpaired) electrons. The number of carbonyl (C=O) groups is 1.